The van der Waals surface area contributed by atoms with Gasteiger partial charge in [-0.15, -0.1) is 0 Å². The molecule has 1 amide bonds. The first kappa shape index (κ1) is 14.0. The zero-order valence-electron chi connectivity index (χ0n) is 11.1. The molecule has 1 aliphatic rings. The molecule has 2 nitrogen and oxygen atoms in total. The molecule has 0 spiro atoms. The smallest absolute Gasteiger partial charge is 0.238 e. The van der Waals surface area contributed by atoms with Crippen LogP contribution in [0.1, 0.15) is 53.4 Å². The summed E-state index contributed by atoms with van der Waals surface area (Å²) in [7, 11) is 1.94. The summed E-state index contributed by atoms with van der Waals surface area (Å²) in [5, 5.41) is 0. The number of carbonyl (C=O) groups is 1. The van der Waals surface area contributed by atoms with Gasteiger partial charge < -0.3 is 4.90 Å². The van der Waals surface area contributed by atoms with E-state index in [4.69, 9.17) is 0 Å². The SMILES string of the molecule is CN(C(=O)C(C)(C)Br)C1CCC(C)(C)CC1. The molecule has 0 aromatic carbocycles. The van der Waals surface area contributed by atoms with Crippen LogP contribution in [0, 0.1) is 5.41 Å². The van der Waals surface area contributed by atoms with Crippen molar-refractivity contribution >= 4 is 21.8 Å². The molecule has 3 heteroatoms. The highest BCUT2D eigenvalue weighted by atomic mass is 79.9. The minimum absolute atomic E-state index is 0.192. The summed E-state index contributed by atoms with van der Waals surface area (Å²) in [5.41, 5.74) is 0.463. The number of hydrogen-bond donors (Lipinski definition) is 0. The average Bonchev–Trinajstić information content (AvgIpc) is 2.14. The highest BCUT2D eigenvalue weighted by Crippen LogP contribution is 2.37. The van der Waals surface area contributed by atoms with Crippen molar-refractivity contribution in [2.45, 2.75) is 63.7 Å². The first-order valence-electron chi connectivity index (χ1n) is 6.10. The Kier molecular flexibility index (Phi) is 4.09. The maximum Gasteiger partial charge on any atom is 0.238 e. The van der Waals surface area contributed by atoms with Gasteiger partial charge in [0.2, 0.25) is 5.91 Å². The van der Waals surface area contributed by atoms with E-state index in [1.54, 1.807) is 0 Å². The lowest BCUT2D eigenvalue weighted by Crippen LogP contribution is -2.46. The molecule has 0 saturated heterocycles. The second kappa shape index (κ2) is 4.67. The van der Waals surface area contributed by atoms with Gasteiger partial charge in [0.1, 0.15) is 0 Å². The number of carbonyl (C=O) groups excluding carboxylic acids is 1. The first-order chi connectivity index (χ1) is 7.13. The Labute approximate surface area is 108 Å². The average molecular weight is 290 g/mol. The fourth-order valence-corrected chi connectivity index (χ4v) is 2.64. The van der Waals surface area contributed by atoms with Crippen molar-refractivity contribution in [2.75, 3.05) is 7.05 Å². The van der Waals surface area contributed by atoms with Crippen LogP contribution in [-0.4, -0.2) is 28.2 Å². The summed E-state index contributed by atoms with van der Waals surface area (Å²) < 4.78 is -0.436. The molecule has 1 saturated carbocycles. The van der Waals surface area contributed by atoms with Crippen molar-refractivity contribution in [3.63, 3.8) is 0 Å². The maximum absolute atomic E-state index is 12.1. The van der Waals surface area contributed by atoms with Crippen LogP contribution in [0.2, 0.25) is 0 Å². The van der Waals surface area contributed by atoms with Gasteiger partial charge in [-0.05, 0) is 44.9 Å². The Balaban J connectivity index is 2.57. The minimum atomic E-state index is -0.436. The second-order valence-corrected chi connectivity index (χ2v) is 8.27. The Hall–Kier alpha value is -0.0500. The number of amides is 1. The second-order valence-electron chi connectivity index (χ2n) is 6.28. The van der Waals surface area contributed by atoms with E-state index in [9.17, 15) is 4.79 Å². The van der Waals surface area contributed by atoms with E-state index < -0.39 is 4.32 Å². The molecule has 0 aromatic rings. The summed E-state index contributed by atoms with van der Waals surface area (Å²) in [4.78, 5) is 14.0. The molecule has 1 aliphatic carbocycles. The molecule has 0 unspecified atom stereocenters. The lowest BCUT2D eigenvalue weighted by Gasteiger charge is -2.40. The predicted octanol–water partition coefficient (Wildman–Crippen LogP) is 3.59. The number of nitrogens with zero attached hydrogens (tertiary/aromatic N) is 1. The quantitative estimate of drug-likeness (QED) is 0.712. The number of rotatable bonds is 2. The van der Waals surface area contributed by atoms with Gasteiger partial charge in [0.25, 0.3) is 0 Å². The fraction of sp³-hybridized carbons (Fsp3) is 0.923. The van der Waals surface area contributed by atoms with Gasteiger partial charge in [0, 0.05) is 13.1 Å². The normalized spacial score (nSPS) is 21.9. The van der Waals surface area contributed by atoms with Crippen LogP contribution in [-0.2, 0) is 4.79 Å². The van der Waals surface area contributed by atoms with E-state index in [-0.39, 0.29) is 5.91 Å². The zero-order valence-corrected chi connectivity index (χ0v) is 12.7. The third-order valence-corrected chi connectivity index (χ3v) is 4.02. The summed E-state index contributed by atoms with van der Waals surface area (Å²) in [5.74, 6) is 0.192. The standard InChI is InChI=1S/C13H24BrNO/c1-12(2)8-6-10(7-9-12)15(5)11(16)13(3,4)14/h10H,6-9H2,1-5H3. The zero-order chi connectivity index (χ0) is 12.6. The predicted molar refractivity (Wildman–Crippen MR) is 71.8 cm³/mol. The highest BCUT2D eigenvalue weighted by molar-refractivity contribution is 9.10. The van der Waals surface area contributed by atoms with Gasteiger partial charge in [-0.2, -0.15) is 0 Å². The molecule has 1 rings (SSSR count). The maximum atomic E-state index is 12.1. The number of alkyl halides is 1. The largest absolute Gasteiger partial charge is 0.342 e. The molecule has 0 aliphatic heterocycles. The van der Waals surface area contributed by atoms with Crippen LogP contribution in [0.15, 0.2) is 0 Å². The van der Waals surface area contributed by atoms with Crippen LogP contribution in [0.4, 0.5) is 0 Å². The van der Waals surface area contributed by atoms with Crippen LogP contribution in [0.3, 0.4) is 0 Å². The molecular weight excluding hydrogens is 266 g/mol. The van der Waals surface area contributed by atoms with Crippen LogP contribution < -0.4 is 0 Å². The third-order valence-electron chi connectivity index (χ3n) is 3.69. The van der Waals surface area contributed by atoms with E-state index in [0.29, 0.717) is 11.5 Å². The van der Waals surface area contributed by atoms with Crippen molar-refractivity contribution < 1.29 is 4.79 Å². The Bertz CT molecular complexity index is 258. The van der Waals surface area contributed by atoms with E-state index >= 15 is 0 Å². The van der Waals surface area contributed by atoms with E-state index in [0.717, 1.165) is 12.8 Å². The molecule has 0 atom stereocenters. The Morgan fingerprint density at radius 1 is 1.31 bits per heavy atom. The first-order valence-corrected chi connectivity index (χ1v) is 6.89. The van der Waals surface area contributed by atoms with Crippen LogP contribution in [0.25, 0.3) is 0 Å². The lowest BCUT2D eigenvalue weighted by molar-refractivity contribution is -0.134. The summed E-state index contributed by atoms with van der Waals surface area (Å²) in [6.07, 6.45) is 4.71. The third kappa shape index (κ3) is 3.47. The molecule has 94 valence electrons. The lowest BCUT2D eigenvalue weighted by atomic mass is 9.75. The van der Waals surface area contributed by atoms with Gasteiger partial charge in [-0.3, -0.25) is 4.79 Å². The summed E-state index contributed by atoms with van der Waals surface area (Å²) >= 11 is 3.44. The van der Waals surface area contributed by atoms with Crippen LogP contribution in [0.5, 0.6) is 0 Å². The van der Waals surface area contributed by atoms with Crippen molar-refractivity contribution in [3.8, 4) is 0 Å². The fourth-order valence-electron chi connectivity index (χ4n) is 2.36. The number of hydrogen-bond acceptors (Lipinski definition) is 1. The molecule has 0 N–H and O–H groups in total. The van der Waals surface area contributed by atoms with Crippen molar-refractivity contribution in [3.05, 3.63) is 0 Å². The van der Waals surface area contributed by atoms with Crippen LogP contribution >= 0.6 is 15.9 Å². The molecule has 0 bridgehead atoms. The number of halogens is 1. The topological polar surface area (TPSA) is 20.3 Å². The van der Waals surface area contributed by atoms with E-state index in [1.807, 2.05) is 25.8 Å². The Morgan fingerprint density at radius 3 is 2.12 bits per heavy atom. The van der Waals surface area contributed by atoms with Gasteiger partial charge in [-0.25, -0.2) is 0 Å². The monoisotopic (exact) mass is 289 g/mol. The molecule has 0 aromatic heterocycles. The molecule has 16 heavy (non-hydrogen) atoms. The Morgan fingerprint density at radius 2 is 1.75 bits per heavy atom. The van der Waals surface area contributed by atoms with Crippen molar-refractivity contribution in [1.82, 2.24) is 4.90 Å². The highest BCUT2D eigenvalue weighted by Gasteiger charge is 2.34. The van der Waals surface area contributed by atoms with Gasteiger partial charge in [0.05, 0.1) is 4.32 Å². The molecule has 0 radical (unpaired) electrons. The molecular formula is C13H24BrNO. The van der Waals surface area contributed by atoms with E-state index in [2.05, 4.69) is 29.8 Å². The molecule has 1 fully saturated rings. The van der Waals surface area contributed by atoms with Crippen molar-refractivity contribution in [2.24, 2.45) is 5.41 Å². The summed E-state index contributed by atoms with van der Waals surface area (Å²) in [6, 6.07) is 0.428. The van der Waals surface area contributed by atoms with Crippen molar-refractivity contribution in [1.29, 1.82) is 0 Å². The van der Waals surface area contributed by atoms with Gasteiger partial charge in [0.15, 0.2) is 0 Å². The van der Waals surface area contributed by atoms with Gasteiger partial charge >= 0.3 is 0 Å². The van der Waals surface area contributed by atoms with E-state index in [1.165, 1.54) is 12.8 Å². The van der Waals surface area contributed by atoms with Gasteiger partial charge in [-0.1, -0.05) is 29.8 Å². The summed E-state index contributed by atoms with van der Waals surface area (Å²) in [6.45, 7) is 8.47. The minimum Gasteiger partial charge on any atom is -0.342 e. The molecule has 0 heterocycles.